The lowest BCUT2D eigenvalue weighted by Crippen LogP contribution is -2.36. The van der Waals surface area contributed by atoms with E-state index in [4.69, 9.17) is 11.6 Å². The van der Waals surface area contributed by atoms with Gasteiger partial charge in [-0.05, 0) is 36.8 Å². The van der Waals surface area contributed by atoms with E-state index in [1.54, 1.807) is 25.5 Å². The summed E-state index contributed by atoms with van der Waals surface area (Å²) in [7, 11) is 1.62. The van der Waals surface area contributed by atoms with Gasteiger partial charge in [-0.25, -0.2) is 9.97 Å². The molecular formula is C20H22ClF2IN6O. The number of nitrogens with one attached hydrogen (secondary N) is 2. The molecule has 1 aromatic carbocycles. The largest absolute Gasteiger partial charge is 0.434 e. The molecule has 0 radical (unpaired) electrons. The van der Waals surface area contributed by atoms with Gasteiger partial charge in [0.25, 0.3) is 0 Å². The molecule has 2 aromatic heterocycles. The molecule has 11 heteroatoms. The van der Waals surface area contributed by atoms with Gasteiger partial charge in [0, 0.05) is 49.3 Å². The number of ether oxygens (including phenoxy) is 1. The summed E-state index contributed by atoms with van der Waals surface area (Å²) in [4.78, 5) is 12.8. The molecule has 3 rings (SSSR count). The number of halogens is 4. The van der Waals surface area contributed by atoms with Crippen LogP contribution < -0.4 is 15.4 Å². The third kappa shape index (κ3) is 7.03. The molecule has 2 heterocycles. The zero-order chi connectivity index (χ0) is 21.5. The van der Waals surface area contributed by atoms with Gasteiger partial charge in [-0.3, -0.25) is 9.56 Å². The van der Waals surface area contributed by atoms with E-state index in [-0.39, 0.29) is 36.3 Å². The number of aryl methyl sites for hydroxylation is 1. The monoisotopic (exact) mass is 562 g/mol. The fraction of sp³-hybridized carbons (Fsp3) is 0.250. The Kier molecular flexibility index (Phi) is 9.44. The van der Waals surface area contributed by atoms with E-state index in [1.165, 1.54) is 12.1 Å². The van der Waals surface area contributed by atoms with Crippen LogP contribution in [0.25, 0.3) is 5.82 Å². The number of rotatable bonds is 7. The Balaban J connectivity index is 0.00000341. The van der Waals surface area contributed by atoms with Crippen LogP contribution in [0.1, 0.15) is 17.0 Å². The molecule has 0 saturated heterocycles. The smallest absolute Gasteiger partial charge is 0.387 e. The van der Waals surface area contributed by atoms with E-state index in [0.29, 0.717) is 23.1 Å². The third-order valence-electron chi connectivity index (χ3n) is 4.25. The molecule has 7 nitrogen and oxygen atoms in total. The van der Waals surface area contributed by atoms with Crippen LogP contribution in [0, 0.1) is 6.92 Å². The molecule has 31 heavy (non-hydrogen) atoms. The Morgan fingerprint density at radius 3 is 2.58 bits per heavy atom. The predicted octanol–water partition coefficient (Wildman–Crippen LogP) is 4.31. The minimum absolute atomic E-state index is 0. The van der Waals surface area contributed by atoms with Gasteiger partial charge in [0.1, 0.15) is 17.4 Å². The van der Waals surface area contributed by atoms with Crippen molar-refractivity contribution < 1.29 is 13.5 Å². The van der Waals surface area contributed by atoms with Gasteiger partial charge in [0.2, 0.25) is 0 Å². The SMILES string of the molecule is CN=C(NCc1ccc(-n2ccnc2C)nc1)NCc1cc(Cl)ccc1OC(F)F.I. The molecule has 0 amide bonds. The number of guanidine groups is 1. The number of pyridine rings is 1. The topological polar surface area (TPSA) is 76.4 Å². The van der Waals surface area contributed by atoms with Crippen molar-refractivity contribution in [1.82, 2.24) is 25.2 Å². The minimum atomic E-state index is -2.91. The van der Waals surface area contributed by atoms with E-state index < -0.39 is 6.61 Å². The van der Waals surface area contributed by atoms with E-state index in [1.807, 2.05) is 29.8 Å². The molecule has 0 aliphatic carbocycles. The van der Waals surface area contributed by atoms with Gasteiger partial charge >= 0.3 is 6.61 Å². The fourth-order valence-corrected chi connectivity index (χ4v) is 2.96. The Morgan fingerprint density at radius 1 is 1.19 bits per heavy atom. The van der Waals surface area contributed by atoms with Crippen LogP contribution in [-0.4, -0.2) is 34.2 Å². The van der Waals surface area contributed by atoms with Crippen LogP contribution in [0.3, 0.4) is 0 Å². The average molecular weight is 563 g/mol. The lowest BCUT2D eigenvalue weighted by molar-refractivity contribution is -0.0504. The van der Waals surface area contributed by atoms with E-state index in [0.717, 1.165) is 17.2 Å². The number of aliphatic imine (C=N–C) groups is 1. The highest BCUT2D eigenvalue weighted by Crippen LogP contribution is 2.24. The molecular weight excluding hydrogens is 541 g/mol. The fourth-order valence-electron chi connectivity index (χ4n) is 2.77. The molecule has 0 bridgehead atoms. The zero-order valence-electron chi connectivity index (χ0n) is 16.8. The predicted molar refractivity (Wildman–Crippen MR) is 127 cm³/mol. The number of imidazole rings is 1. The van der Waals surface area contributed by atoms with Gasteiger partial charge in [-0.15, -0.1) is 24.0 Å². The second-order valence-corrected chi connectivity index (χ2v) is 6.72. The summed E-state index contributed by atoms with van der Waals surface area (Å²) in [6, 6.07) is 8.34. The van der Waals surface area contributed by atoms with Crippen molar-refractivity contribution in [3.63, 3.8) is 0 Å². The normalized spacial score (nSPS) is 11.2. The average Bonchev–Trinajstić information content (AvgIpc) is 3.16. The maximum atomic E-state index is 12.6. The first-order valence-corrected chi connectivity index (χ1v) is 9.47. The number of benzene rings is 1. The molecule has 0 atom stereocenters. The van der Waals surface area contributed by atoms with Gasteiger partial charge in [0.05, 0.1) is 0 Å². The molecule has 2 N–H and O–H groups in total. The number of nitrogens with zero attached hydrogens (tertiary/aromatic N) is 4. The van der Waals surface area contributed by atoms with Crippen molar-refractivity contribution in [1.29, 1.82) is 0 Å². The highest BCUT2D eigenvalue weighted by atomic mass is 127. The maximum Gasteiger partial charge on any atom is 0.387 e. The van der Waals surface area contributed by atoms with Crippen molar-refractivity contribution in [2.24, 2.45) is 4.99 Å². The van der Waals surface area contributed by atoms with Crippen molar-refractivity contribution in [2.45, 2.75) is 26.6 Å². The van der Waals surface area contributed by atoms with E-state index >= 15 is 0 Å². The van der Waals surface area contributed by atoms with Crippen molar-refractivity contribution in [3.05, 3.63) is 70.9 Å². The van der Waals surface area contributed by atoms with E-state index in [9.17, 15) is 8.78 Å². The Morgan fingerprint density at radius 2 is 1.97 bits per heavy atom. The summed E-state index contributed by atoms with van der Waals surface area (Å²) in [5, 5.41) is 6.64. The van der Waals surface area contributed by atoms with Gasteiger partial charge in [0.15, 0.2) is 5.96 Å². The highest BCUT2D eigenvalue weighted by Gasteiger charge is 2.11. The standard InChI is InChI=1S/C20H21ClF2N6O.HI/c1-13-25-7-8-29(13)18-6-3-14(10-26-18)11-27-20(24-2)28-12-15-9-16(21)4-5-17(15)30-19(22)23;/h3-10,19H,11-12H2,1-2H3,(H2,24,27,28);1H. The summed E-state index contributed by atoms with van der Waals surface area (Å²) >= 11 is 5.97. The van der Waals surface area contributed by atoms with Crippen molar-refractivity contribution in [3.8, 4) is 11.6 Å². The second-order valence-electron chi connectivity index (χ2n) is 6.28. The van der Waals surface area contributed by atoms with Crippen molar-refractivity contribution >= 4 is 41.5 Å². The number of hydrogen-bond donors (Lipinski definition) is 2. The zero-order valence-corrected chi connectivity index (χ0v) is 19.9. The van der Waals surface area contributed by atoms with Gasteiger partial charge in [-0.2, -0.15) is 8.78 Å². The van der Waals surface area contributed by atoms with Crippen molar-refractivity contribution in [2.75, 3.05) is 7.05 Å². The summed E-state index contributed by atoms with van der Waals surface area (Å²) < 4.78 is 31.6. The molecule has 0 aliphatic heterocycles. The number of alkyl halides is 2. The first-order chi connectivity index (χ1) is 14.5. The van der Waals surface area contributed by atoms with E-state index in [2.05, 4.69) is 30.3 Å². The van der Waals surface area contributed by atoms with Crippen LogP contribution in [0.4, 0.5) is 8.78 Å². The molecule has 0 saturated carbocycles. The van der Waals surface area contributed by atoms with Crippen LogP contribution in [-0.2, 0) is 13.1 Å². The molecule has 0 spiro atoms. The van der Waals surface area contributed by atoms with Crippen LogP contribution in [0.2, 0.25) is 5.02 Å². The maximum absolute atomic E-state index is 12.6. The lowest BCUT2D eigenvalue weighted by atomic mass is 10.2. The Hall–Kier alpha value is -2.47. The minimum Gasteiger partial charge on any atom is -0.434 e. The number of hydrogen-bond acceptors (Lipinski definition) is 4. The third-order valence-corrected chi connectivity index (χ3v) is 4.49. The Bertz CT molecular complexity index is 1010. The highest BCUT2D eigenvalue weighted by molar-refractivity contribution is 14.0. The Labute approximate surface area is 200 Å². The lowest BCUT2D eigenvalue weighted by Gasteiger charge is -2.15. The summed E-state index contributed by atoms with van der Waals surface area (Å²) in [6.45, 7) is -0.320. The molecule has 3 aromatic rings. The molecule has 0 unspecified atom stereocenters. The van der Waals surface area contributed by atoms with Gasteiger partial charge < -0.3 is 15.4 Å². The van der Waals surface area contributed by atoms with Gasteiger partial charge in [-0.1, -0.05) is 17.7 Å². The molecule has 0 fully saturated rings. The molecule has 166 valence electrons. The van der Waals surface area contributed by atoms with Crippen LogP contribution >= 0.6 is 35.6 Å². The van der Waals surface area contributed by atoms with Crippen LogP contribution in [0.5, 0.6) is 5.75 Å². The summed E-state index contributed by atoms with van der Waals surface area (Å²) in [5.41, 5.74) is 1.44. The van der Waals surface area contributed by atoms with Crippen LogP contribution in [0.15, 0.2) is 53.9 Å². The number of aromatic nitrogens is 3. The molecule has 0 aliphatic rings. The first-order valence-electron chi connectivity index (χ1n) is 9.09. The summed E-state index contributed by atoms with van der Waals surface area (Å²) in [5.74, 6) is 2.19. The first kappa shape index (κ1) is 24.8. The summed E-state index contributed by atoms with van der Waals surface area (Å²) in [6.07, 6.45) is 5.34. The quantitative estimate of drug-likeness (QED) is 0.255. The second kappa shape index (κ2) is 11.8.